The van der Waals surface area contributed by atoms with Crippen molar-refractivity contribution in [3.63, 3.8) is 0 Å². The number of hydrogen-bond acceptors (Lipinski definition) is 4. The van der Waals surface area contributed by atoms with E-state index in [1.165, 1.54) is 13.2 Å². The van der Waals surface area contributed by atoms with Gasteiger partial charge in [-0.3, -0.25) is 0 Å². The van der Waals surface area contributed by atoms with E-state index in [-0.39, 0.29) is 31.0 Å². The Balaban J connectivity index is 1.35. The molecule has 0 unspecified atom stereocenters. The van der Waals surface area contributed by atoms with E-state index < -0.39 is 12.0 Å². The van der Waals surface area contributed by atoms with Gasteiger partial charge >= 0.3 is 12.0 Å². The Morgan fingerprint density at radius 1 is 1.03 bits per heavy atom. The number of methoxy groups -OCH3 is 1. The van der Waals surface area contributed by atoms with E-state index in [0.717, 1.165) is 17.6 Å². The molecule has 2 aliphatic rings. The Labute approximate surface area is 226 Å². The molecule has 196 valence electrons. The average molecular weight is 535 g/mol. The Bertz CT molecular complexity index is 1380. The van der Waals surface area contributed by atoms with E-state index in [2.05, 4.69) is 5.32 Å². The first-order chi connectivity index (χ1) is 18.5. The van der Waals surface area contributed by atoms with Crippen LogP contribution in [-0.2, 0) is 9.53 Å². The van der Waals surface area contributed by atoms with Crippen LogP contribution in [0.1, 0.15) is 24.8 Å². The van der Waals surface area contributed by atoms with Crippen molar-refractivity contribution in [1.82, 2.24) is 10.2 Å². The maximum Gasteiger partial charge on any atom is 0.336 e. The van der Waals surface area contributed by atoms with Gasteiger partial charge in [-0.25, -0.2) is 14.0 Å². The maximum atomic E-state index is 15.2. The summed E-state index contributed by atoms with van der Waals surface area (Å²) in [6.45, 7) is 0.521. The third-order valence-electron chi connectivity index (χ3n) is 7.12. The molecule has 3 aromatic rings. The SMILES string of the molecule is COC(=O)C1=C(c2ccc(-c3ccccc3)c(F)c2)C[C@@H]2CC[C@H]1N2C(=O)NCCOc1ccccc1Cl. The fraction of sp³-hybridized carbons (Fsp3) is 0.267. The van der Waals surface area contributed by atoms with Gasteiger partial charge in [-0.1, -0.05) is 66.2 Å². The summed E-state index contributed by atoms with van der Waals surface area (Å²) in [4.78, 5) is 27.9. The number of halogens is 2. The summed E-state index contributed by atoms with van der Waals surface area (Å²) in [5.41, 5.74) is 3.05. The summed E-state index contributed by atoms with van der Waals surface area (Å²) in [6, 6.07) is 20.7. The lowest BCUT2D eigenvalue weighted by molar-refractivity contribution is -0.136. The summed E-state index contributed by atoms with van der Waals surface area (Å²) in [5.74, 6) is -0.318. The third-order valence-corrected chi connectivity index (χ3v) is 7.43. The minimum absolute atomic E-state index is 0.107. The lowest BCUT2D eigenvalue weighted by atomic mass is 9.87. The summed E-state index contributed by atoms with van der Waals surface area (Å²) in [6.07, 6.45) is 1.81. The molecule has 2 bridgehead atoms. The summed E-state index contributed by atoms with van der Waals surface area (Å²) in [7, 11) is 1.32. The molecule has 0 spiro atoms. The van der Waals surface area contributed by atoms with E-state index in [1.807, 2.05) is 48.5 Å². The second-order valence-corrected chi connectivity index (χ2v) is 9.72. The van der Waals surface area contributed by atoms with Crippen LogP contribution < -0.4 is 10.1 Å². The van der Waals surface area contributed by atoms with Gasteiger partial charge in [0.25, 0.3) is 0 Å². The average Bonchev–Trinajstić information content (AvgIpc) is 3.25. The minimum Gasteiger partial charge on any atom is -0.490 e. The predicted molar refractivity (Wildman–Crippen MR) is 144 cm³/mol. The fourth-order valence-corrected chi connectivity index (χ4v) is 5.58. The van der Waals surface area contributed by atoms with Crippen molar-refractivity contribution >= 4 is 29.2 Å². The highest BCUT2D eigenvalue weighted by Crippen LogP contribution is 2.44. The molecular formula is C30H28ClFN2O4. The van der Waals surface area contributed by atoms with Crippen molar-refractivity contribution in [2.75, 3.05) is 20.3 Å². The number of urea groups is 1. The smallest absolute Gasteiger partial charge is 0.336 e. The molecule has 1 N–H and O–H groups in total. The van der Waals surface area contributed by atoms with Gasteiger partial charge in [0.1, 0.15) is 18.2 Å². The first-order valence-corrected chi connectivity index (χ1v) is 13.0. The highest BCUT2D eigenvalue weighted by atomic mass is 35.5. The highest BCUT2D eigenvalue weighted by molar-refractivity contribution is 6.32. The van der Waals surface area contributed by atoms with Crippen LogP contribution in [0.15, 0.2) is 78.4 Å². The Kier molecular flexibility index (Phi) is 7.65. The van der Waals surface area contributed by atoms with E-state index in [0.29, 0.717) is 40.3 Å². The van der Waals surface area contributed by atoms with Crippen LogP contribution in [0.25, 0.3) is 16.7 Å². The standard InChI is InChI=1S/C30H28ClFN2O4/c1-37-29(35)28-23(20-11-13-22(25(32)17-20)19-7-3-2-4-8-19)18-21-12-14-26(28)34(21)30(36)33-15-16-38-27-10-6-5-9-24(27)31/h2-11,13,17,21,26H,12,14-16,18H2,1H3,(H,33,36)/t21-,26+/m0/s1. The van der Waals surface area contributed by atoms with Crippen LogP contribution in [-0.4, -0.2) is 49.2 Å². The summed E-state index contributed by atoms with van der Waals surface area (Å²) in [5, 5.41) is 3.40. The van der Waals surface area contributed by atoms with Crippen LogP contribution >= 0.6 is 11.6 Å². The zero-order valence-corrected chi connectivity index (χ0v) is 21.7. The minimum atomic E-state index is -0.502. The number of carbonyl (C=O) groups is 2. The van der Waals surface area contributed by atoms with Crippen LogP contribution in [0, 0.1) is 5.82 Å². The van der Waals surface area contributed by atoms with Crippen LogP contribution in [0.3, 0.4) is 0 Å². The van der Waals surface area contributed by atoms with Gasteiger partial charge < -0.3 is 19.7 Å². The van der Waals surface area contributed by atoms with Gasteiger partial charge in [0, 0.05) is 11.6 Å². The fourth-order valence-electron chi connectivity index (χ4n) is 5.39. The van der Waals surface area contributed by atoms with Crippen LogP contribution in [0.2, 0.25) is 5.02 Å². The van der Waals surface area contributed by atoms with Gasteiger partial charge in [-0.05, 0) is 54.2 Å². The molecule has 2 atom stereocenters. The molecule has 1 saturated heterocycles. The second kappa shape index (κ2) is 11.3. The number of nitrogens with zero attached hydrogens (tertiary/aromatic N) is 1. The van der Waals surface area contributed by atoms with E-state index in [1.54, 1.807) is 23.1 Å². The Hall–Kier alpha value is -3.84. The van der Waals surface area contributed by atoms with E-state index in [9.17, 15) is 9.59 Å². The number of rotatable bonds is 7. The van der Waals surface area contributed by atoms with Crippen LogP contribution in [0.4, 0.5) is 9.18 Å². The lowest BCUT2D eigenvalue weighted by Gasteiger charge is -2.37. The zero-order chi connectivity index (χ0) is 26.6. The maximum absolute atomic E-state index is 15.2. The van der Waals surface area contributed by atoms with E-state index >= 15 is 4.39 Å². The first kappa shape index (κ1) is 25.8. The Morgan fingerprint density at radius 2 is 1.79 bits per heavy atom. The van der Waals surface area contributed by atoms with Crippen molar-refractivity contribution in [2.24, 2.45) is 0 Å². The van der Waals surface area contributed by atoms with Crippen molar-refractivity contribution in [3.8, 4) is 16.9 Å². The number of amides is 2. The van der Waals surface area contributed by atoms with Crippen molar-refractivity contribution in [3.05, 3.63) is 94.8 Å². The van der Waals surface area contributed by atoms with Crippen molar-refractivity contribution in [1.29, 1.82) is 0 Å². The highest BCUT2D eigenvalue weighted by Gasteiger charge is 2.46. The molecule has 3 aromatic carbocycles. The molecule has 38 heavy (non-hydrogen) atoms. The van der Waals surface area contributed by atoms with Gasteiger partial charge in [0.2, 0.25) is 0 Å². The van der Waals surface area contributed by atoms with Gasteiger partial charge in [0.15, 0.2) is 0 Å². The predicted octanol–water partition coefficient (Wildman–Crippen LogP) is 6.10. The number of nitrogens with one attached hydrogen (secondary N) is 1. The van der Waals surface area contributed by atoms with Gasteiger partial charge in [-0.15, -0.1) is 0 Å². The lowest BCUT2D eigenvalue weighted by Crippen LogP contribution is -2.51. The van der Waals surface area contributed by atoms with Gasteiger partial charge in [-0.2, -0.15) is 0 Å². The molecule has 8 heteroatoms. The molecule has 2 aliphatic heterocycles. The summed E-state index contributed by atoms with van der Waals surface area (Å²) >= 11 is 6.11. The molecule has 0 aromatic heterocycles. The largest absolute Gasteiger partial charge is 0.490 e. The molecule has 2 heterocycles. The molecule has 0 aliphatic carbocycles. The zero-order valence-electron chi connectivity index (χ0n) is 21.0. The Morgan fingerprint density at radius 3 is 2.53 bits per heavy atom. The number of para-hydroxylation sites is 1. The molecule has 6 nitrogen and oxygen atoms in total. The number of hydrogen-bond donors (Lipinski definition) is 1. The van der Waals surface area contributed by atoms with Gasteiger partial charge in [0.05, 0.1) is 30.3 Å². The normalized spacial score (nSPS) is 18.3. The topological polar surface area (TPSA) is 67.9 Å². The van der Waals surface area contributed by atoms with Crippen molar-refractivity contribution < 1.29 is 23.5 Å². The second-order valence-electron chi connectivity index (χ2n) is 9.31. The van der Waals surface area contributed by atoms with Crippen LogP contribution in [0.5, 0.6) is 5.75 Å². The summed E-state index contributed by atoms with van der Waals surface area (Å²) < 4.78 is 26.0. The molecule has 5 rings (SSSR count). The number of carbonyl (C=O) groups excluding carboxylic acids is 2. The number of fused-ring (bicyclic) bond motifs is 2. The molecule has 2 amide bonds. The monoisotopic (exact) mass is 534 g/mol. The first-order valence-electron chi connectivity index (χ1n) is 12.6. The molecular weight excluding hydrogens is 507 g/mol. The number of ether oxygens (including phenoxy) is 2. The quantitative estimate of drug-likeness (QED) is 0.294. The molecule has 0 radical (unpaired) electrons. The van der Waals surface area contributed by atoms with Crippen molar-refractivity contribution in [2.45, 2.75) is 31.3 Å². The van der Waals surface area contributed by atoms with E-state index in [4.69, 9.17) is 21.1 Å². The molecule has 0 saturated carbocycles. The number of esters is 1. The molecule has 1 fully saturated rings. The third kappa shape index (κ3) is 5.11. The number of benzene rings is 3.